The summed E-state index contributed by atoms with van der Waals surface area (Å²) >= 11 is 0. The molecular formula is C27H31F3N6O5. The molecule has 4 rings (SSSR count). The number of alkyl halides is 3. The molecule has 2 aromatic heterocycles. The second kappa shape index (κ2) is 14.5. The minimum atomic E-state index is -4.81. The van der Waals surface area contributed by atoms with Crippen molar-refractivity contribution in [3.8, 4) is 28.4 Å². The normalized spacial score (nSPS) is 11.6. The molecule has 0 unspecified atom stereocenters. The number of hydrogen-bond donors (Lipinski definition) is 4. The van der Waals surface area contributed by atoms with Gasteiger partial charge in [0.2, 0.25) is 0 Å². The number of nitrogens with two attached hydrogens (primary N) is 1. The zero-order valence-electron chi connectivity index (χ0n) is 22.1. The van der Waals surface area contributed by atoms with Crippen molar-refractivity contribution in [1.29, 1.82) is 0 Å². The second-order valence-electron chi connectivity index (χ2n) is 8.95. The molecule has 0 aliphatic carbocycles. The van der Waals surface area contributed by atoms with Gasteiger partial charge in [-0.1, -0.05) is 0 Å². The van der Waals surface area contributed by atoms with Crippen LogP contribution in [0.2, 0.25) is 0 Å². The molecule has 5 N–H and O–H groups in total. The fourth-order valence-corrected chi connectivity index (χ4v) is 4.02. The number of nitrogen functional groups attached to an aromatic ring is 1. The molecule has 220 valence electrons. The summed E-state index contributed by atoms with van der Waals surface area (Å²) in [5, 5.41) is 27.7. The molecule has 14 heteroatoms. The smallest absolute Gasteiger partial charge is 0.491 e. The minimum absolute atomic E-state index is 0.0354. The zero-order valence-corrected chi connectivity index (χ0v) is 22.1. The third kappa shape index (κ3) is 9.48. The van der Waals surface area contributed by atoms with Gasteiger partial charge in [-0.15, -0.1) is 18.3 Å². The van der Waals surface area contributed by atoms with Crippen LogP contribution in [0.3, 0.4) is 0 Å². The molecule has 0 spiro atoms. The topological polar surface area (TPSA) is 150 Å². The van der Waals surface area contributed by atoms with Crippen molar-refractivity contribution < 1.29 is 37.2 Å². The van der Waals surface area contributed by atoms with E-state index in [-0.39, 0.29) is 24.7 Å². The van der Waals surface area contributed by atoms with Gasteiger partial charge in [0, 0.05) is 24.8 Å². The summed E-state index contributed by atoms with van der Waals surface area (Å²) in [6, 6.07) is 9.60. The summed E-state index contributed by atoms with van der Waals surface area (Å²) < 4.78 is 58.8. The number of ether oxygens (including phenoxy) is 4. The molecule has 0 aliphatic rings. The molecule has 0 radical (unpaired) electrons. The summed E-state index contributed by atoms with van der Waals surface area (Å²) in [6.07, 6.45) is 0.0962. The Morgan fingerprint density at radius 1 is 0.902 bits per heavy atom. The highest BCUT2D eigenvalue weighted by molar-refractivity contribution is 5.89. The fourth-order valence-electron chi connectivity index (χ4n) is 4.02. The number of H-pyrrole nitrogens is 1. The van der Waals surface area contributed by atoms with Gasteiger partial charge < -0.3 is 35.1 Å². The number of aliphatic hydroxyl groups excluding tert-OH is 1. The van der Waals surface area contributed by atoms with Crippen LogP contribution in [0.15, 0.2) is 48.8 Å². The summed E-state index contributed by atoms with van der Waals surface area (Å²) in [7, 11) is 0. The molecule has 41 heavy (non-hydrogen) atoms. The van der Waals surface area contributed by atoms with Gasteiger partial charge in [-0.25, -0.2) is 0 Å². The molecular weight excluding hydrogens is 545 g/mol. The standard InChI is InChI=1S/C27H31F3N6O5/c28-27(29,30)41-22-10-18(9-21(14-22)39-6-4-37)15-32-3-1-2-5-38-7-8-40-25-12-19(11-24-23(25)17-34-35-24)20-13-26(31)36-33-16-20/h9-14,16-17,32,37H,1-8,15H2,(H2,31,36)(H,34,35). The summed E-state index contributed by atoms with van der Waals surface area (Å²) in [6.45, 7) is 1.93. The van der Waals surface area contributed by atoms with Crippen molar-refractivity contribution in [3.63, 3.8) is 0 Å². The van der Waals surface area contributed by atoms with Crippen LogP contribution >= 0.6 is 0 Å². The molecule has 11 nitrogen and oxygen atoms in total. The van der Waals surface area contributed by atoms with Crippen LogP contribution in [0.4, 0.5) is 19.0 Å². The molecule has 0 amide bonds. The van der Waals surface area contributed by atoms with E-state index in [0.29, 0.717) is 50.0 Å². The van der Waals surface area contributed by atoms with Gasteiger partial charge in [-0.3, -0.25) is 5.10 Å². The Balaban J connectivity index is 1.16. The van der Waals surface area contributed by atoms with Crippen molar-refractivity contribution in [2.24, 2.45) is 0 Å². The number of fused-ring (bicyclic) bond motifs is 1. The lowest BCUT2D eigenvalue weighted by molar-refractivity contribution is -0.274. The maximum Gasteiger partial charge on any atom is 0.573 e. The lowest BCUT2D eigenvalue weighted by Crippen LogP contribution is -2.18. The van der Waals surface area contributed by atoms with Crippen LogP contribution in [-0.4, -0.2) is 71.4 Å². The van der Waals surface area contributed by atoms with Crippen LogP contribution < -0.4 is 25.3 Å². The number of halogens is 3. The van der Waals surface area contributed by atoms with Crippen LogP contribution in [-0.2, 0) is 11.3 Å². The SMILES string of the molecule is Nc1cc(-c2cc(OCCOCCCCNCc3cc(OCCO)cc(OC(F)(F)F)c3)c3cn[nH]c3c2)cnn1. The number of aromatic amines is 1. The third-order valence-corrected chi connectivity index (χ3v) is 5.77. The van der Waals surface area contributed by atoms with E-state index in [4.69, 9.17) is 25.1 Å². The van der Waals surface area contributed by atoms with E-state index in [1.165, 1.54) is 6.07 Å². The van der Waals surface area contributed by atoms with Crippen molar-refractivity contribution in [1.82, 2.24) is 25.7 Å². The average molecular weight is 577 g/mol. The van der Waals surface area contributed by atoms with E-state index in [1.807, 2.05) is 12.1 Å². The molecule has 0 aliphatic heterocycles. The third-order valence-electron chi connectivity index (χ3n) is 5.77. The summed E-state index contributed by atoms with van der Waals surface area (Å²) in [5.74, 6) is 0.789. The molecule has 0 fully saturated rings. The quantitative estimate of drug-likeness (QED) is 0.145. The average Bonchev–Trinajstić information content (AvgIpc) is 3.41. The fraction of sp³-hybridized carbons (Fsp3) is 0.370. The Morgan fingerprint density at radius 2 is 1.76 bits per heavy atom. The minimum Gasteiger partial charge on any atom is -0.491 e. The molecule has 2 aromatic carbocycles. The zero-order chi connectivity index (χ0) is 29.1. The molecule has 4 aromatic rings. The Morgan fingerprint density at radius 3 is 2.56 bits per heavy atom. The van der Waals surface area contributed by atoms with Gasteiger partial charge in [0.25, 0.3) is 0 Å². The van der Waals surface area contributed by atoms with Gasteiger partial charge in [-0.05, 0) is 60.8 Å². The number of anilines is 1. The first-order valence-corrected chi connectivity index (χ1v) is 12.9. The summed E-state index contributed by atoms with van der Waals surface area (Å²) in [5.41, 5.74) is 8.81. The highest BCUT2D eigenvalue weighted by Gasteiger charge is 2.31. The van der Waals surface area contributed by atoms with Crippen molar-refractivity contribution in [2.45, 2.75) is 25.7 Å². The van der Waals surface area contributed by atoms with Gasteiger partial charge in [0.15, 0.2) is 0 Å². The van der Waals surface area contributed by atoms with Gasteiger partial charge in [0.1, 0.15) is 36.3 Å². The predicted octanol–water partition coefficient (Wildman–Crippen LogP) is 3.84. The van der Waals surface area contributed by atoms with E-state index in [1.54, 1.807) is 24.5 Å². The van der Waals surface area contributed by atoms with E-state index < -0.39 is 6.36 Å². The maximum absolute atomic E-state index is 12.6. The number of rotatable bonds is 16. The number of nitrogens with zero attached hydrogens (tertiary/aromatic N) is 3. The van der Waals surface area contributed by atoms with Crippen LogP contribution in [0.1, 0.15) is 18.4 Å². The second-order valence-corrected chi connectivity index (χ2v) is 8.95. The largest absolute Gasteiger partial charge is 0.573 e. The lowest BCUT2D eigenvalue weighted by Gasteiger charge is -2.13. The monoisotopic (exact) mass is 576 g/mol. The first-order valence-electron chi connectivity index (χ1n) is 12.9. The van der Waals surface area contributed by atoms with E-state index in [0.717, 1.165) is 40.9 Å². The molecule has 0 saturated carbocycles. The number of unbranched alkanes of at least 4 members (excludes halogenated alkanes) is 1. The highest BCUT2D eigenvalue weighted by Crippen LogP contribution is 2.32. The first-order chi connectivity index (χ1) is 19.8. The Kier molecular flexibility index (Phi) is 10.5. The Bertz CT molecular complexity index is 1400. The van der Waals surface area contributed by atoms with E-state index >= 15 is 0 Å². The first kappa shape index (κ1) is 29.8. The molecule has 0 atom stereocenters. The Labute approximate surface area is 233 Å². The highest BCUT2D eigenvalue weighted by atomic mass is 19.4. The number of hydrogen-bond acceptors (Lipinski definition) is 10. The molecule has 0 saturated heterocycles. The van der Waals surface area contributed by atoms with E-state index in [2.05, 4.69) is 30.4 Å². The van der Waals surface area contributed by atoms with Crippen molar-refractivity contribution in [2.75, 3.05) is 45.3 Å². The summed E-state index contributed by atoms with van der Waals surface area (Å²) in [4.78, 5) is 0. The number of benzene rings is 2. The number of aliphatic hydroxyl groups is 1. The number of nitrogens with one attached hydrogen (secondary N) is 2. The van der Waals surface area contributed by atoms with Crippen LogP contribution in [0.5, 0.6) is 17.2 Å². The molecule has 0 bridgehead atoms. The molecule has 2 heterocycles. The van der Waals surface area contributed by atoms with Crippen molar-refractivity contribution >= 4 is 16.7 Å². The predicted molar refractivity (Wildman–Crippen MR) is 144 cm³/mol. The van der Waals surface area contributed by atoms with Crippen LogP contribution in [0, 0.1) is 0 Å². The van der Waals surface area contributed by atoms with E-state index in [9.17, 15) is 13.2 Å². The maximum atomic E-state index is 12.6. The lowest BCUT2D eigenvalue weighted by atomic mass is 10.1. The Hall–Kier alpha value is -4.14. The van der Waals surface area contributed by atoms with Gasteiger partial charge in [-0.2, -0.15) is 10.2 Å². The number of aromatic nitrogens is 4. The van der Waals surface area contributed by atoms with Crippen molar-refractivity contribution in [3.05, 3.63) is 54.4 Å². The van der Waals surface area contributed by atoms with Gasteiger partial charge in [0.05, 0.1) is 36.5 Å². The van der Waals surface area contributed by atoms with Gasteiger partial charge >= 0.3 is 6.36 Å². The van der Waals surface area contributed by atoms with Crippen LogP contribution in [0.25, 0.3) is 22.0 Å².